The number of benzene rings is 2. The number of nitrogens with one attached hydrogen (secondary N) is 2. The largest absolute Gasteiger partial charge is 0.385 e. The second kappa shape index (κ2) is 10.4. The quantitative estimate of drug-likeness (QED) is 0.324. The monoisotopic (exact) mass is 562 g/mol. The number of carbonyl (C=O) groups is 1. The second-order valence-corrected chi connectivity index (χ2v) is 9.50. The minimum Gasteiger partial charge on any atom is -0.385 e. The van der Waals surface area contributed by atoms with Crippen LogP contribution in [0, 0.1) is 21.0 Å². The first-order valence-electron chi connectivity index (χ1n) is 10.2. The summed E-state index contributed by atoms with van der Waals surface area (Å²) in [7, 11) is 3.97. The Morgan fingerprint density at radius 1 is 1.19 bits per heavy atom. The summed E-state index contributed by atoms with van der Waals surface area (Å²) >= 11 is 1.93. The fourth-order valence-corrected chi connectivity index (χ4v) is 3.96. The first-order valence-corrected chi connectivity index (χ1v) is 11.2. The van der Waals surface area contributed by atoms with E-state index in [0.29, 0.717) is 10.1 Å². The summed E-state index contributed by atoms with van der Waals surface area (Å²) in [5.41, 5.74) is -1.73. The van der Waals surface area contributed by atoms with Crippen LogP contribution in [0.4, 0.5) is 24.5 Å². The molecule has 1 aliphatic heterocycles. The molecule has 0 bridgehead atoms. The van der Waals surface area contributed by atoms with Crippen molar-refractivity contribution in [2.24, 2.45) is 0 Å². The van der Waals surface area contributed by atoms with Crippen LogP contribution in [-0.4, -0.2) is 73.2 Å². The summed E-state index contributed by atoms with van der Waals surface area (Å²) in [6.07, 6.45) is 0.921. The van der Waals surface area contributed by atoms with E-state index >= 15 is 0 Å². The lowest BCUT2D eigenvalue weighted by molar-refractivity contribution is -0.0784. The maximum Gasteiger partial charge on any atom is 0.256 e. The molecule has 1 saturated heterocycles. The normalized spacial score (nSPS) is 15.1. The van der Waals surface area contributed by atoms with Crippen molar-refractivity contribution in [3.8, 4) is 0 Å². The predicted octanol–water partition coefficient (Wildman–Crippen LogP) is 3.18. The van der Waals surface area contributed by atoms with Gasteiger partial charge in [0.2, 0.25) is 0 Å². The highest BCUT2D eigenvalue weighted by atomic mass is 127. The number of likely N-dealkylation sites (tertiary alicyclic amines) is 1. The topological polar surface area (TPSA) is 67.8 Å². The third-order valence-electron chi connectivity index (χ3n) is 5.19. The summed E-state index contributed by atoms with van der Waals surface area (Å²) in [5.74, 6) is -3.66. The number of anilines is 2. The Balaban J connectivity index is 1.68. The zero-order valence-electron chi connectivity index (χ0n) is 17.9. The van der Waals surface area contributed by atoms with Crippen LogP contribution in [0.15, 0.2) is 30.3 Å². The number of hydrogen-bond donors (Lipinski definition) is 3. The molecule has 6 nitrogen and oxygen atoms in total. The van der Waals surface area contributed by atoms with Crippen molar-refractivity contribution in [2.45, 2.75) is 12.0 Å². The van der Waals surface area contributed by atoms with Crippen molar-refractivity contribution in [1.82, 2.24) is 15.1 Å². The molecule has 1 amide bonds. The molecule has 10 heteroatoms. The zero-order valence-corrected chi connectivity index (χ0v) is 20.0. The van der Waals surface area contributed by atoms with Crippen molar-refractivity contribution in [2.75, 3.05) is 52.1 Å². The summed E-state index contributed by atoms with van der Waals surface area (Å²) < 4.78 is 43.3. The minimum absolute atomic E-state index is 0.0584. The zero-order chi connectivity index (χ0) is 23.5. The highest BCUT2D eigenvalue weighted by molar-refractivity contribution is 14.1. The van der Waals surface area contributed by atoms with Crippen molar-refractivity contribution in [3.05, 3.63) is 56.9 Å². The molecule has 0 radical (unpaired) electrons. The van der Waals surface area contributed by atoms with Gasteiger partial charge in [0.1, 0.15) is 11.4 Å². The Morgan fingerprint density at radius 3 is 2.56 bits per heavy atom. The van der Waals surface area contributed by atoms with E-state index in [1.807, 2.05) is 36.7 Å². The summed E-state index contributed by atoms with van der Waals surface area (Å²) in [4.78, 5) is 16.4. The van der Waals surface area contributed by atoms with Gasteiger partial charge in [0.25, 0.3) is 5.91 Å². The fourth-order valence-electron chi connectivity index (χ4n) is 3.51. The maximum absolute atomic E-state index is 14.6. The number of halogens is 4. The van der Waals surface area contributed by atoms with E-state index in [1.165, 1.54) is 17.0 Å². The molecule has 0 saturated carbocycles. The Hall–Kier alpha value is -1.89. The average Bonchev–Trinajstić information content (AvgIpc) is 2.70. The molecule has 0 spiro atoms. The molecule has 1 heterocycles. The molecule has 32 heavy (non-hydrogen) atoms. The third-order valence-corrected chi connectivity index (χ3v) is 5.86. The third kappa shape index (κ3) is 5.91. The summed E-state index contributed by atoms with van der Waals surface area (Å²) in [6, 6.07) is 6.25. The Labute approximate surface area is 198 Å². The average molecular weight is 562 g/mol. The lowest BCUT2D eigenvalue weighted by atomic mass is 9.92. The Morgan fingerprint density at radius 2 is 1.91 bits per heavy atom. The minimum atomic E-state index is -1.27. The van der Waals surface area contributed by atoms with Gasteiger partial charge in [-0.1, -0.05) is 0 Å². The van der Waals surface area contributed by atoms with Gasteiger partial charge in [-0.05, 0) is 86.5 Å². The van der Waals surface area contributed by atoms with Gasteiger partial charge in [0.15, 0.2) is 11.6 Å². The fraction of sp³-hybridized carbons (Fsp3) is 0.409. The molecule has 3 rings (SSSR count). The molecule has 3 N–H and O–H groups in total. The Bertz CT molecular complexity index is 984. The van der Waals surface area contributed by atoms with Crippen LogP contribution >= 0.6 is 22.6 Å². The van der Waals surface area contributed by atoms with Gasteiger partial charge in [-0.25, -0.2) is 13.2 Å². The number of rotatable bonds is 9. The number of aliphatic hydroxyl groups is 1. The van der Waals surface area contributed by atoms with E-state index < -0.39 is 34.6 Å². The number of nitrogens with zero attached hydrogens (tertiary/aromatic N) is 2. The van der Waals surface area contributed by atoms with E-state index in [9.17, 15) is 23.1 Å². The van der Waals surface area contributed by atoms with Crippen LogP contribution in [0.2, 0.25) is 0 Å². The number of carbonyl (C=O) groups excluding carboxylic acids is 1. The highest BCUT2D eigenvalue weighted by Gasteiger charge is 2.44. The molecule has 1 aliphatic rings. The van der Waals surface area contributed by atoms with Crippen molar-refractivity contribution >= 4 is 39.9 Å². The van der Waals surface area contributed by atoms with Crippen molar-refractivity contribution in [1.29, 1.82) is 0 Å². The SMILES string of the molecule is CN(C)CCCNCC1(O)CN(C(=O)c2ccc(F)c(F)c2Nc2ccc(I)cc2F)C1. The maximum atomic E-state index is 14.6. The molecule has 2 aromatic carbocycles. The van der Waals surface area contributed by atoms with Crippen LogP contribution in [0.5, 0.6) is 0 Å². The van der Waals surface area contributed by atoms with E-state index in [2.05, 4.69) is 15.5 Å². The molecule has 0 unspecified atom stereocenters. The number of amides is 1. The van der Waals surface area contributed by atoms with Gasteiger partial charge in [0, 0.05) is 10.1 Å². The predicted molar refractivity (Wildman–Crippen MR) is 126 cm³/mol. The van der Waals surface area contributed by atoms with Gasteiger partial charge in [-0.15, -0.1) is 0 Å². The second-order valence-electron chi connectivity index (χ2n) is 8.25. The van der Waals surface area contributed by atoms with Crippen LogP contribution in [-0.2, 0) is 0 Å². The van der Waals surface area contributed by atoms with E-state index in [1.54, 1.807) is 6.07 Å². The molecule has 0 atom stereocenters. The molecule has 0 aromatic heterocycles. The van der Waals surface area contributed by atoms with Crippen molar-refractivity contribution in [3.63, 3.8) is 0 Å². The van der Waals surface area contributed by atoms with Gasteiger partial charge >= 0.3 is 0 Å². The van der Waals surface area contributed by atoms with Gasteiger partial charge in [0.05, 0.1) is 30.0 Å². The van der Waals surface area contributed by atoms with E-state index in [-0.39, 0.29) is 24.3 Å². The first-order chi connectivity index (χ1) is 15.1. The lowest BCUT2D eigenvalue weighted by Gasteiger charge is -2.46. The molecule has 2 aromatic rings. The van der Waals surface area contributed by atoms with E-state index in [0.717, 1.165) is 31.6 Å². The molecular formula is C22H26F3IN4O2. The van der Waals surface area contributed by atoms with E-state index in [4.69, 9.17) is 0 Å². The summed E-state index contributed by atoms with van der Waals surface area (Å²) in [6.45, 7) is 2.09. The standard InChI is InChI=1S/C22H26F3IN4O2/c1-29(2)9-3-8-27-11-22(32)12-30(13-22)21(31)15-5-6-16(23)19(25)20(15)28-18-7-4-14(26)10-17(18)24/h4-7,10,27-28,32H,3,8-9,11-13H2,1-2H3. The van der Waals surface area contributed by atoms with Gasteiger partial charge in [-0.2, -0.15) is 0 Å². The molecule has 1 fully saturated rings. The van der Waals surface area contributed by atoms with Gasteiger partial charge < -0.3 is 25.5 Å². The summed E-state index contributed by atoms with van der Waals surface area (Å²) in [5, 5.41) is 16.3. The first kappa shape index (κ1) is 24.7. The van der Waals surface area contributed by atoms with Crippen LogP contribution in [0.25, 0.3) is 0 Å². The molecule has 0 aliphatic carbocycles. The van der Waals surface area contributed by atoms with Crippen LogP contribution in [0.3, 0.4) is 0 Å². The van der Waals surface area contributed by atoms with Crippen LogP contribution in [0.1, 0.15) is 16.8 Å². The van der Waals surface area contributed by atoms with Crippen molar-refractivity contribution < 1.29 is 23.1 Å². The number of hydrogen-bond acceptors (Lipinski definition) is 5. The van der Waals surface area contributed by atoms with Crippen LogP contribution < -0.4 is 10.6 Å². The molecular weight excluding hydrogens is 536 g/mol. The van der Waals surface area contributed by atoms with Gasteiger partial charge in [-0.3, -0.25) is 4.79 Å². The highest BCUT2D eigenvalue weighted by Crippen LogP contribution is 2.31. The molecule has 174 valence electrons. The lowest BCUT2D eigenvalue weighted by Crippen LogP contribution is -2.67. The Kier molecular flexibility index (Phi) is 8.01. The smallest absolute Gasteiger partial charge is 0.256 e. The number of β-amino-alcohol motifs (C(OH)–C–C–N with tert-alkyl or cyclic N) is 1.